The summed E-state index contributed by atoms with van der Waals surface area (Å²) < 4.78 is 18.1. The molecular formula is C8H10BFO4. The van der Waals surface area contributed by atoms with E-state index in [1.165, 1.54) is 19.2 Å². The van der Waals surface area contributed by atoms with Crippen LogP contribution in [0.1, 0.15) is 5.56 Å². The fourth-order valence-corrected chi connectivity index (χ4v) is 1.17. The number of ether oxygens (including phenoxy) is 1. The molecule has 0 aliphatic carbocycles. The highest BCUT2D eigenvalue weighted by molar-refractivity contribution is 6.59. The van der Waals surface area contributed by atoms with Crippen LogP contribution in [0.5, 0.6) is 5.75 Å². The molecule has 0 bridgehead atoms. The Morgan fingerprint density at radius 3 is 2.50 bits per heavy atom. The maximum Gasteiger partial charge on any atom is 0.488 e. The van der Waals surface area contributed by atoms with Gasteiger partial charge in [0.25, 0.3) is 0 Å². The zero-order valence-electron chi connectivity index (χ0n) is 7.57. The third-order valence-electron chi connectivity index (χ3n) is 1.90. The summed E-state index contributed by atoms with van der Waals surface area (Å²) in [5.74, 6) is -0.820. The lowest BCUT2D eigenvalue weighted by Crippen LogP contribution is -2.34. The molecule has 1 aromatic carbocycles. The zero-order valence-corrected chi connectivity index (χ0v) is 7.57. The summed E-state index contributed by atoms with van der Waals surface area (Å²) in [5, 5.41) is 26.6. The van der Waals surface area contributed by atoms with Crippen LogP contribution in [0, 0.1) is 5.82 Å². The van der Waals surface area contributed by atoms with E-state index in [1.54, 1.807) is 0 Å². The Kier molecular flexibility index (Phi) is 3.46. The Morgan fingerprint density at radius 1 is 1.43 bits per heavy atom. The summed E-state index contributed by atoms with van der Waals surface area (Å²) in [6.07, 6.45) is 0. The van der Waals surface area contributed by atoms with Gasteiger partial charge in [-0.25, -0.2) is 4.39 Å². The highest BCUT2D eigenvalue weighted by Gasteiger charge is 2.20. The molecule has 3 N–H and O–H groups in total. The van der Waals surface area contributed by atoms with Crippen molar-refractivity contribution in [3.05, 3.63) is 23.5 Å². The average Bonchev–Trinajstić information content (AvgIpc) is 2.17. The van der Waals surface area contributed by atoms with Gasteiger partial charge in [-0.1, -0.05) is 6.07 Å². The van der Waals surface area contributed by atoms with Crippen LogP contribution in [-0.2, 0) is 6.61 Å². The Balaban J connectivity index is 3.28. The normalized spacial score (nSPS) is 10.1. The summed E-state index contributed by atoms with van der Waals surface area (Å²) in [4.78, 5) is 0. The molecule has 76 valence electrons. The molecule has 0 aliphatic rings. The second-order valence-corrected chi connectivity index (χ2v) is 2.68. The van der Waals surface area contributed by atoms with Crippen LogP contribution in [0.15, 0.2) is 12.1 Å². The predicted octanol–water partition coefficient (Wildman–Crippen LogP) is -0.994. The van der Waals surface area contributed by atoms with E-state index in [0.717, 1.165) is 0 Å². The first kappa shape index (κ1) is 11.0. The van der Waals surface area contributed by atoms with E-state index >= 15 is 0 Å². The Morgan fingerprint density at radius 2 is 2.07 bits per heavy atom. The van der Waals surface area contributed by atoms with Gasteiger partial charge in [0.15, 0.2) is 11.6 Å². The van der Waals surface area contributed by atoms with Crippen molar-refractivity contribution in [2.75, 3.05) is 7.11 Å². The molecule has 14 heavy (non-hydrogen) atoms. The van der Waals surface area contributed by atoms with Gasteiger partial charge in [0.1, 0.15) is 0 Å². The van der Waals surface area contributed by atoms with Gasteiger partial charge in [0, 0.05) is 5.56 Å². The maximum atomic E-state index is 13.4. The fraction of sp³-hybridized carbons (Fsp3) is 0.250. The summed E-state index contributed by atoms with van der Waals surface area (Å²) in [7, 11) is -0.521. The number of benzene rings is 1. The molecule has 0 aliphatic heterocycles. The van der Waals surface area contributed by atoms with E-state index < -0.39 is 19.5 Å². The Bertz CT molecular complexity index is 329. The number of aliphatic hydroxyl groups is 1. The Hall–Kier alpha value is -1.11. The van der Waals surface area contributed by atoms with Gasteiger partial charge in [0.05, 0.1) is 13.7 Å². The lowest BCUT2D eigenvalue weighted by molar-refractivity contribution is 0.273. The van der Waals surface area contributed by atoms with Crippen molar-refractivity contribution in [2.24, 2.45) is 0 Å². The van der Waals surface area contributed by atoms with Crippen LogP contribution in [0.25, 0.3) is 0 Å². The molecule has 1 rings (SSSR count). The van der Waals surface area contributed by atoms with Crippen molar-refractivity contribution in [1.82, 2.24) is 0 Å². The smallest absolute Gasteiger partial charge is 0.488 e. The highest BCUT2D eigenvalue weighted by Crippen LogP contribution is 2.18. The standard InChI is InChI=1S/C8H10BFO4/c1-14-7-3-2-6(9(12)13)5(4-11)8(7)10/h2-3,11-13H,4H2,1H3. The molecular weight excluding hydrogens is 190 g/mol. The monoisotopic (exact) mass is 200 g/mol. The van der Waals surface area contributed by atoms with Gasteiger partial charge in [-0.2, -0.15) is 0 Å². The van der Waals surface area contributed by atoms with E-state index in [2.05, 4.69) is 4.74 Å². The molecule has 0 amide bonds. The zero-order chi connectivity index (χ0) is 10.7. The summed E-state index contributed by atoms with van der Waals surface area (Å²) in [6.45, 7) is -0.615. The quantitative estimate of drug-likeness (QED) is 0.547. The topological polar surface area (TPSA) is 69.9 Å². The minimum atomic E-state index is -1.81. The van der Waals surface area contributed by atoms with E-state index in [1.807, 2.05) is 0 Å². The number of methoxy groups -OCH3 is 1. The van der Waals surface area contributed by atoms with Gasteiger partial charge >= 0.3 is 7.12 Å². The molecule has 6 heteroatoms. The summed E-state index contributed by atoms with van der Waals surface area (Å²) in [6, 6.07) is 2.56. The average molecular weight is 200 g/mol. The first-order valence-electron chi connectivity index (χ1n) is 3.94. The molecule has 4 nitrogen and oxygen atoms in total. The number of rotatable bonds is 3. The molecule has 1 aromatic rings. The van der Waals surface area contributed by atoms with Crippen molar-refractivity contribution < 1.29 is 24.3 Å². The first-order valence-corrected chi connectivity index (χ1v) is 3.94. The van der Waals surface area contributed by atoms with Crippen molar-refractivity contribution in [1.29, 1.82) is 0 Å². The molecule has 0 spiro atoms. The largest absolute Gasteiger partial charge is 0.494 e. The van der Waals surface area contributed by atoms with E-state index in [4.69, 9.17) is 15.2 Å². The predicted molar refractivity (Wildman–Crippen MR) is 48.7 cm³/mol. The number of aliphatic hydroxyl groups excluding tert-OH is 1. The van der Waals surface area contributed by atoms with Gasteiger partial charge in [-0.3, -0.25) is 0 Å². The van der Waals surface area contributed by atoms with Gasteiger partial charge in [-0.15, -0.1) is 0 Å². The van der Waals surface area contributed by atoms with Crippen LogP contribution in [0.2, 0.25) is 0 Å². The van der Waals surface area contributed by atoms with Gasteiger partial charge in [-0.05, 0) is 11.5 Å². The van der Waals surface area contributed by atoms with Crippen LogP contribution < -0.4 is 10.2 Å². The minimum absolute atomic E-state index is 0.0431. The van der Waals surface area contributed by atoms with E-state index in [-0.39, 0.29) is 16.8 Å². The molecule has 0 aromatic heterocycles. The molecule has 0 atom stereocenters. The van der Waals surface area contributed by atoms with E-state index in [0.29, 0.717) is 0 Å². The number of hydrogen-bond acceptors (Lipinski definition) is 4. The van der Waals surface area contributed by atoms with Gasteiger partial charge < -0.3 is 19.9 Å². The van der Waals surface area contributed by atoms with Crippen molar-refractivity contribution in [3.8, 4) is 5.75 Å². The molecule has 0 saturated heterocycles. The maximum absolute atomic E-state index is 13.4. The van der Waals surface area contributed by atoms with Crippen LogP contribution in [0.3, 0.4) is 0 Å². The molecule has 0 saturated carbocycles. The van der Waals surface area contributed by atoms with Crippen LogP contribution in [0.4, 0.5) is 4.39 Å². The fourth-order valence-electron chi connectivity index (χ4n) is 1.17. The molecule has 0 unspecified atom stereocenters. The van der Waals surface area contributed by atoms with Crippen molar-refractivity contribution in [2.45, 2.75) is 6.61 Å². The number of hydrogen-bond donors (Lipinski definition) is 3. The minimum Gasteiger partial charge on any atom is -0.494 e. The summed E-state index contributed by atoms with van der Waals surface area (Å²) >= 11 is 0. The first-order chi connectivity index (χ1) is 6.61. The third-order valence-corrected chi connectivity index (χ3v) is 1.90. The molecule has 0 radical (unpaired) electrons. The van der Waals surface area contributed by atoms with Gasteiger partial charge in [0.2, 0.25) is 0 Å². The lowest BCUT2D eigenvalue weighted by Gasteiger charge is -2.10. The second-order valence-electron chi connectivity index (χ2n) is 2.68. The SMILES string of the molecule is COc1ccc(B(O)O)c(CO)c1F. The lowest BCUT2D eigenvalue weighted by atomic mass is 9.77. The number of halogens is 1. The highest BCUT2D eigenvalue weighted by atomic mass is 19.1. The molecule has 0 heterocycles. The van der Waals surface area contributed by atoms with Crippen LogP contribution in [-0.4, -0.2) is 29.4 Å². The van der Waals surface area contributed by atoms with Crippen molar-refractivity contribution in [3.63, 3.8) is 0 Å². The molecule has 0 fully saturated rings. The van der Waals surface area contributed by atoms with E-state index in [9.17, 15) is 4.39 Å². The summed E-state index contributed by atoms with van der Waals surface area (Å²) in [5.41, 5.74) is -0.231. The Labute approximate surface area is 80.7 Å². The second kappa shape index (κ2) is 4.41. The van der Waals surface area contributed by atoms with Crippen LogP contribution >= 0.6 is 0 Å². The van der Waals surface area contributed by atoms with Crippen molar-refractivity contribution >= 4 is 12.6 Å². The third kappa shape index (κ3) is 1.87.